The zero-order valence-corrected chi connectivity index (χ0v) is 10.5. The summed E-state index contributed by atoms with van der Waals surface area (Å²) in [6, 6.07) is 3.15. The van der Waals surface area contributed by atoms with E-state index in [1.165, 1.54) is 0 Å². The SMILES string of the molecule is O=C(c1cc(F)ccc1F)N1CCCC2CNCC21. The van der Waals surface area contributed by atoms with E-state index in [1.54, 1.807) is 4.90 Å². The molecule has 0 saturated carbocycles. The van der Waals surface area contributed by atoms with Crippen molar-refractivity contribution in [1.29, 1.82) is 0 Å². The molecule has 2 atom stereocenters. The molecule has 0 aliphatic carbocycles. The summed E-state index contributed by atoms with van der Waals surface area (Å²) in [5, 5.41) is 3.26. The molecule has 2 aliphatic rings. The van der Waals surface area contributed by atoms with Gasteiger partial charge in [-0.25, -0.2) is 8.78 Å². The van der Waals surface area contributed by atoms with Gasteiger partial charge in [-0.1, -0.05) is 0 Å². The van der Waals surface area contributed by atoms with Gasteiger partial charge in [-0.15, -0.1) is 0 Å². The lowest BCUT2D eigenvalue weighted by molar-refractivity contribution is 0.0569. The molecule has 2 saturated heterocycles. The van der Waals surface area contributed by atoms with Crippen LogP contribution in [0.15, 0.2) is 18.2 Å². The Morgan fingerprint density at radius 1 is 1.32 bits per heavy atom. The molecule has 2 heterocycles. The number of nitrogens with one attached hydrogen (secondary N) is 1. The van der Waals surface area contributed by atoms with Gasteiger partial charge in [0.2, 0.25) is 0 Å². The first-order valence-electron chi connectivity index (χ1n) is 6.63. The summed E-state index contributed by atoms with van der Waals surface area (Å²) in [6.45, 7) is 2.27. The largest absolute Gasteiger partial charge is 0.334 e. The third kappa shape index (κ3) is 2.23. The van der Waals surface area contributed by atoms with Gasteiger partial charge in [0, 0.05) is 25.7 Å². The molecule has 0 radical (unpaired) electrons. The second-order valence-corrected chi connectivity index (χ2v) is 5.25. The molecule has 3 nitrogen and oxygen atoms in total. The van der Waals surface area contributed by atoms with Crippen molar-refractivity contribution < 1.29 is 13.6 Å². The summed E-state index contributed by atoms with van der Waals surface area (Å²) in [5.41, 5.74) is -0.160. The predicted octanol–water partition coefficient (Wildman–Crippen LogP) is 1.79. The second-order valence-electron chi connectivity index (χ2n) is 5.25. The monoisotopic (exact) mass is 266 g/mol. The first-order valence-corrected chi connectivity index (χ1v) is 6.63. The summed E-state index contributed by atoms with van der Waals surface area (Å²) in [7, 11) is 0. The normalized spacial score (nSPS) is 26.3. The van der Waals surface area contributed by atoms with Gasteiger partial charge >= 0.3 is 0 Å². The summed E-state index contributed by atoms with van der Waals surface area (Å²) in [4.78, 5) is 14.1. The number of piperidine rings is 1. The third-order valence-electron chi connectivity index (χ3n) is 4.10. The molecule has 1 aromatic rings. The van der Waals surface area contributed by atoms with Crippen LogP contribution in [0.2, 0.25) is 0 Å². The van der Waals surface area contributed by atoms with Crippen LogP contribution >= 0.6 is 0 Å². The molecular weight excluding hydrogens is 250 g/mol. The molecule has 0 aromatic heterocycles. The number of carbonyl (C=O) groups excluding carboxylic acids is 1. The molecule has 5 heteroatoms. The highest BCUT2D eigenvalue weighted by Crippen LogP contribution is 2.28. The lowest BCUT2D eigenvalue weighted by Gasteiger charge is -2.37. The maximum absolute atomic E-state index is 13.7. The number of nitrogens with zero attached hydrogens (tertiary/aromatic N) is 1. The van der Waals surface area contributed by atoms with Gasteiger partial charge in [0.15, 0.2) is 0 Å². The highest BCUT2D eigenvalue weighted by Gasteiger charge is 2.38. The van der Waals surface area contributed by atoms with Crippen molar-refractivity contribution in [3.8, 4) is 0 Å². The van der Waals surface area contributed by atoms with Crippen LogP contribution in [0.4, 0.5) is 8.78 Å². The van der Waals surface area contributed by atoms with Crippen molar-refractivity contribution in [3.05, 3.63) is 35.4 Å². The number of amides is 1. The van der Waals surface area contributed by atoms with Crippen LogP contribution < -0.4 is 5.32 Å². The van der Waals surface area contributed by atoms with Crippen molar-refractivity contribution in [2.45, 2.75) is 18.9 Å². The summed E-state index contributed by atoms with van der Waals surface area (Å²) in [5.74, 6) is -1.19. The Balaban J connectivity index is 1.88. The molecule has 2 fully saturated rings. The van der Waals surface area contributed by atoms with Crippen molar-refractivity contribution >= 4 is 5.91 Å². The Labute approximate surface area is 110 Å². The zero-order chi connectivity index (χ0) is 13.4. The first kappa shape index (κ1) is 12.5. The van der Waals surface area contributed by atoms with Crippen LogP contribution in [-0.4, -0.2) is 36.5 Å². The average molecular weight is 266 g/mol. The Hall–Kier alpha value is -1.49. The maximum atomic E-state index is 13.7. The highest BCUT2D eigenvalue weighted by atomic mass is 19.1. The minimum atomic E-state index is -0.653. The molecule has 19 heavy (non-hydrogen) atoms. The number of likely N-dealkylation sites (tertiary alicyclic amines) is 1. The minimum Gasteiger partial charge on any atom is -0.334 e. The summed E-state index contributed by atoms with van der Waals surface area (Å²) >= 11 is 0. The van der Waals surface area contributed by atoms with E-state index in [-0.39, 0.29) is 11.6 Å². The standard InChI is InChI=1S/C14H16F2N2O/c15-10-3-4-12(16)11(6-10)14(19)18-5-1-2-9-7-17-8-13(9)18/h3-4,6,9,13,17H,1-2,5,7-8H2. The van der Waals surface area contributed by atoms with E-state index >= 15 is 0 Å². The summed E-state index contributed by atoms with van der Waals surface area (Å²) in [6.07, 6.45) is 2.01. The topological polar surface area (TPSA) is 32.3 Å². The molecule has 0 spiro atoms. The molecule has 3 rings (SSSR count). The van der Waals surface area contributed by atoms with Crippen LogP contribution in [0.3, 0.4) is 0 Å². The molecular formula is C14H16F2N2O. The van der Waals surface area contributed by atoms with Crippen molar-refractivity contribution in [2.75, 3.05) is 19.6 Å². The second kappa shape index (κ2) is 4.89. The average Bonchev–Trinajstić information content (AvgIpc) is 2.89. The van der Waals surface area contributed by atoms with Gasteiger partial charge in [0.05, 0.1) is 5.56 Å². The van der Waals surface area contributed by atoms with Crippen LogP contribution in [-0.2, 0) is 0 Å². The molecule has 2 aliphatic heterocycles. The Kier molecular flexibility index (Phi) is 3.22. The highest BCUT2D eigenvalue weighted by molar-refractivity contribution is 5.94. The van der Waals surface area contributed by atoms with Crippen LogP contribution in [0.5, 0.6) is 0 Å². The quantitative estimate of drug-likeness (QED) is 0.840. The maximum Gasteiger partial charge on any atom is 0.257 e. The van der Waals surface area contributed by atoms with E-state index < -0.39 is 17.5 Å². The van der Waals surface area contributed by atoms with Crippen molar-refractivity contribution in [2.24, 2.45) is 5.92 Å². The lowest BCUT2D eigenvalue weighted by Crippen LogP contribution is -2.48. The fraction of sp³-hybridized carbons (Fsp3) is 0.500. The van der Waals surface area contributed by atoms with Gasteiger partial charge in [-0.05, 0) is 37.0 Å². The first-order chi connectivity index (χ1) is 9.16. The van der Waals surface area contributed by atoms with E-state index in [2.05, 4.69) is 5.32 Å². The molecule has 1 N–H and O–H groups in total. The van der Waals surface area contributed by atoms with Gasteiger partial charge in [-0.3, -0.25) is 4.79 Å². The Morgan fingerprint density at radius 2 is 2.16 bits per heavy atom. The van der Waals surface area contributed by atoms with Gasteiger partial charge in [0.25, 0.3) is 5.91 Å². The van der Waals surface area contributed by atoms with Crippen LogP contribution in [0.25, 0.3) is 0 Å². The van der Waals surface area contributed by atoms with Gasteiger partial charge < -0.3 is 10.2 Å². The summed E-state index contributed by atoms with van der Waals surface area (Å²) < 4.78 is 26.9. The fourth-order valence-corrected chi connectivity index (χ4v) is 3.14. The molecule has 1 aromatic carbocycles. The molecule has 2 unspecified atom stereocenters. The van der Waals surface area contributed by atoms with Crippen molar-refractivity contribution in [3.63, 3.8) is 0 Å². The van der Waals surface area contributed by atoms with E-state index in [1.807, 2.05) is 0 Å². The van der Waals surface area contributed by atoms with Crippen LogP contribution in [0.1, 0.15) is 23.2 Å². The molecule has 0 bridgehead atoms. The van der Waals surface area contributed by atoms with Crippen LogP contribution in [0, 0.1) is 17.6 Å². The number of halogens is 2. The van der Waals surface area contributed by atoms with E-state index in [0.29, 0.717) is 12.5 Å². The number of carbonyl (C=O) groups is 1. The smallest absolute Gasteiger partial charge is 0.257 e. The number of rotatable bonds is 1. The van der Waals surface area contributed by atoms with Gasteiger partial charge in [0.1, 0.15) is 11.6 Å². The minimum absolute atomic E-state index is 0.115. The van der Waals surface area contributed by atoms with E-state index in [9.17, 15) is 13.6 Å². The van der Waals surface area contributed by atoms with Gasteiger partial charge in [-0.2, -0.15) is 0 Å². The number of hydrogen-bond acceptors (Lipinski definition) is 2. The Bertz CT molecular complexity index is 506. The molecule has 1 amide bonds. The lowest BCUT2D eigenvalue weighted by atomic mass is 9.91. The van der Waals surface area contributed by atoms with E-state index in [4.69, 9.17) is 0 Å². The van der Waals surface area contributed by atoms with E-state index in [0.717, 1.165) is 44.1 Å². The fourth-order valence-electron chi connectivity index (χ4n) is 3.14. The van der Waals surface area contributed by atoms with Crippen molar-refractivity contribution in [1.82, 2.24) is 10.2 Å². The number of fused-ring (bicyclic) bond motifs is 1. The third-order valence-corrected chi connectivity index (χ3v) is 4.10. The zero-order valence-electron chi connectivity index (χ0n) is 10.5. The number of hydrogen-bond donors (Lipinski definition) is 1. The predicted molar refractivity (Wildman–Crippen MR) is 66.8 cm³/mol. The number of benzene rings is 1. The Morgan fingerprint density at radius 3 is 3.00 bits per heavy atom. The molecule has 102 valence electrons.